The normalized spacial score (nSPS) is 15.7. The van der Waals surface area contributed by atoms with Gasteiger partial charge in [-0.15, -0.1) is 21.5 Å². The van der Waals surface area contributed by atoms with E-state index in [2.05, 4.69) is 15.3 Å². The molecular weight excluding hydrogens is 448 g/mol. The van der Waals surface area contributed by atoms with E-state index >= 15 is 0 Å². The third-order valence-electron chi connectivity index (χ3n) is 4.92. The van der Waals surface area contributed by atoms with Crippen molar-refractivity contribution in [2.45, 2.75) is 17.7 Å². The number of thioether (sulfide) groups is 1. The number of ether oxygens (including phenoxy) is 1. The molecule has 0 fully saturated rings. The number of furan rings is 1. The number of carbonyl (C=O) groups is 1. The van der Waals surface area contributed by atoms with Gasteiger partial charge in [0.2, 0.25) is 0 Å². The van der Waals surface area contributed by atoms with Crippen LogP contribution >= 0.6 is 23.1 Å². The summed E-state index contributed by atoms with van der Waals surface area (Å²) in [5.41, 5.74) is 1.74. The van der Waals surface area contributed by atoms with Crippen molar-refractivity contribution in [2.75, 3.05) is 12.9 Å². The molecule has 1 aliphatic rings. The van der Waals surface area contributed by atoms with Gasteiger partial charge in [-0.25, -0.2) is 5.01 Å². The summed E-state index contributed by atoms with van der Waals surface area (Å²) in [6.07, 6.45) is 2.15. The average Bonchev–Trinajstić information content (AvgIpc) is 3.63. The zero-order valence-electron chi connectivity index (χ0n) is 17.0. The molecule has 32 heavy (non-hydrogen) atoms. The van der Waals surface area contributed by atoms with Crippen LogP contribution in [0.15, 0.2) is 79.3 Å². The Bertz CT molecular complexity index is 1220. The van der Waals surface area contributed by atoms with Gasteiger partial charge in [-0.05, 0) is 53.4 Å². The minimum atomic E-state index is -0.306. The highest BCUT2D eigenvalue weighted by atomic mass is 32.2. The summed E-state index contributed by atoms with van der Waals surface area (Å²) in [5, 5.41) is 16.5. The third kappa shape index (κ3) is 4.19. The Morgan fingerprint density at radius 1 is 1.22 bits per heavy atom. The predicted octanol–water partition coefficient (Wildman–Crippen LogP) is 4.87. The number of amides is 1. The summed E-state index contributed by atoms with van der Waals surface area (Å²) in [6.45, 7) is 0. The minimum Gasteiger partial charge on any atom is -0.497 e. The molecule has 162 valence electrons. The van der Waals surface area contributed by atoms with E-state index in [1.54, 1.807) is 13.4 Å². The fraction of sp³-hybridized carbons (Fsp3) is 0.182. The Morgan fingerprint density at radius 2 is 2.09 bits per heavy atom. The van der Waals surface area contributed by atoms with Gasteiger partial charge < -0.3 is 13.6 Å². The molecule has 1 amide bonds. The number of nitrogens with zero attached hydrogens (tertiary/aromatic N) is 4. The standard InChI is InChI=1S/C22H18N4O4S2/c1-28-15-8-6-14(7-9-15)16-12-17(18-4-2-10-29-18)26(25-16)20(27)13-32-22-24-23-21(30-22)19-5-3-11-31-19/h2-11,17H,12-13H2,1H3/t17-/m1/s1. The van der Waals surface area contributed by atoms with Crippen LogP contribution in [0, 0.1) is 0 Å². The molecule has 0 spiro atoms. The number of rotatable bonds is 7. The van der Waals surface area contributed by atoms with Gasteiger partial charge in [-0.3, -0.25) is 4.79 Å². The lowest BCUT2D eigenvalue weighted by Gasteiger charge is -2.19. The number of hydrogen-bond acceptors (Lipinski definition) is 9. The van der Waals surface area contributed by atoms with Crippen LogP contribution in [0.3, 0.4) is 0 Å². The van der Waals surface area contributed by atoms with Gasteiger partial charge in [0.25, 0.3) is 17.0 Å². The van der Waals surface area contributed by atoms with Gasteiger partial charge in [-0.1, -0.05) is 17.8 Å². The fourth-order valence-corrected chi connectivity index (χ4v) is 4.62. The van der Waals surface area contributed by atoms with E-state index in [1.807, 2.05) is 53.9 Å². The van der Waals surface area contributed by atoms with Gasteiger partial charge in [-0.2, -0.15) is 5.10 Å². The molecule has 0 saturated heterocycles. The second-order valence-electron chi connectivity index (χ2n) is 6.89. The molecule has 1 aromatic carbocycles. The molecule has 0 saturated carbocycles. The number of benzene rings is 1. The van der Waals surface area contributed by atoms with Crippen LogP contribution in [0.4, 0.5) is 0 Å². The van der Waals surface area contributed by atoms with E-state index in [0.717, 1.165) is 21.9 Å². The van der Waals surface area contributed by atoms with E-state index in [-0.39, 0.29) is 17.7 Å². The Kier molecular flexibility index (Phi) is 5.78. The number of thiophene rings is 1. The summed E-state index contributed by atoms with van der Waals surface area (Å²) >= 11 is 2.71. The number of carbonyl (C=O) groups excluding carboxylic acids is 1. The van der Waals surface area contributed by atoms with E-state index in [4.69, 9.17) is 13.6 Å². The molecule has 1 aliphatic heterocycles. The second-order valence-corrected chi connectivity index (χ2v) is 8.76. The molecule has 1 atom stereocenters. The van der Waals surface area contributed by atoms with Crippen LogP contribution < -0.4 is 4.74 Å². The van der Waals surface area contributed by atoms with Gasteiger partial charge in [0.15, 0.2) is 0 Å². The van der Waals surface area contributed by atoms with Crippen LogP contribution in [0.5, 0.6) is 5.75 Å². The average molecular weight is 467 g/mol. The molecule has 10 heteroatoms. The Balaban J connectivity index is 1.32. The van der Waals surface area contributed by atoms with Gasteiger partial charge in [0.05, 0.1) is 29.7 Å². The summed E-state index contributed by atoms with van der Waals surface area (Å²) in [4.78, 5) is 14.0. The first-order chi connectivity index (χ1) is 15.7. The SMILES string of the molecule is COc1ccc(C2=NN(C(=O)CSc3nnc(-c4cccs4)o3)[C@@H](c3ccco3)C2)cc1. The van der Waals surface area contributed by atoms with Crippen molar-refractivity contribution < 1.29 is 18.4 Å². The number of aromatic nitrogens is 2. The molecule has 0 radical (unpaired) electrons. The Morgan fingerprint density at radius 3 is 2.81 bits per heavy atom. The maximum Gasteiger partial charge on any atom is 0.277 e. The van der Waals surface area contributed by atoms with Crippen LogP contribution in [0.2, 0.25) is 0 Å². The summed E-state index contributed by atoms with van der Waals surface area (Å²) in [5.74, 6) is 1.84. The zero-order valence-corrected chi connectivity index (χ0v) is 18.6. The zero-order chi connectivity index (χ0) is 21.9. The van der Waals surface area contributed by atoms with E-state index in [1.165, 1.54) is 28.1 Å². The first-order valence-corrected chi connectivity index (χ1v) is 11.7. The number of hydrogen-bond donors (Lipinski definition) is 0. The van der Waals surface area contributed by atoms with Crippen molar-refractivity contribution in [2.24, 2.45) is 5.10 Å². The van der Waals surface area contributed by atoms with Crippen molar-refractivity contribution in [3.05, 3.63) is 71.5 Å². The summed E-state index contributed by atoms with van der Waals surface area (Å²) in [6, 6.07) is 14.8. The Hall–Kier alpha value is -3.37. The first-order valence-electron chi connectivity index (χ1n) is 9.79. The highest BCUT2D eigenvalue weighted by molar-refractivity contribution is 7.99. The summed E-state index contributed by atoms with van der Waals surface area (Å²) < 4.78 is 16.5. The number of hydrazone groups is 1. The lowest BCUT2D eigenvalue weighted by molar-refractivity contribution is -0.130. The van der Waals surface area contributed by atoms with Gasteiger partial charge in [0, 0.05) is 6.42 Å². The van der Waals surface area contributed by atoms with Crippen LogP contribution in [0.1, 0.15) is 23.8 Å². The van der Waals surface area contributed by atoms with Crippen LogP contribution in [0.25, 0.3) is 10.8 Å². The molecule has 5 rings (SSSR count). The van der Waals surface area contributed by atoms with Gasteiger partial charge in [0.1, 0.15) is 17.6 Å². The second kappa shape index (κ2) is 9.01. The molecular formula is C22H18N4O4S2. The van der Waals surface area contributed by atoms with Crippen molar-refractivity contribution >= 4 is 34.7 Å². The molecule has 0 N–H and O–H groups in total. The highest BCUT2D eigenvalue weighted by Gasteiger charge is 2.35. The Labute approximate surface area is 191 Å². The van der Waals surface area contributed by atoms with Crippen LogP contribution in [-0.2, 0) is 4.79 Å². The van der Waals surface area contributed by atoms with E-state index < -0.39 is 0 Å². The molecule has 0 bridgehead atoms. The highest BCUT2D eigenvalue weighted by Crippen LogP contribution is 2.34. The first kappa shape index (κ1) is 20.5. The third-order valence-corrected chi connectivity index (χ3v) is 6.58. The summed E-state index contributed by atoms with van der Waals surface area (Å²) in [7, 11) is 1.62. The van der Waals surface area contributed by atoms with Crippen molar-refractivity contribution in [3.8, 4) is 16.5 Å². The molecule has 4 heterocycles. The van der Waals surface area contributed by atoms with Crippen molar-refractivity contribution in [1.29, 1.82) is 0 Å². The van der Waals surface area contributed by atoms with Crippen LogP contribution in [-0.4, -0.2) is 39.7 Å². The van der Waals surface area contributed by atoms with Crippen molar-refractivity contribution in [1.82, 2.24) is 15.2 Å². The van der Waals surface area contributed by atoms with Crippen molar-refractivity contribution in [3.63, 3.8) is 0 Å². The topological polar surface area (TPSA) is 94.0 Å². The molecule has 3 aromatic heterocycles. The number of methoxy groups -OCH3 is 1. The lowest BCUT2D eigenvalue weighted by atomic mass is 10.0. The molecule has 8 nitrogen and oxygen atoms in total. The largest absolute Gasteiger partial charge is 0.497 e. The lowest BCUT2D eigenvalue weighted by Crippen LogP contribution is -2.28. The monoisotopic (exact) mass is 466 g/mol. The molecule has 0 unspecified atom stereocenters. The minimum absolute atomic E-state index is 0.114. The van der Waals surface area contributed by atoms with Gasteiger partial charge >= 0.3 is 0 Å². The predicted molar refractivity (Wildman–Crippen MR) is 121 cm³/mol. The smallest absolute Gasteiger partial charge is 0.277 e. The quantitative estimate of drug-likeness (QED) is 0.359. The molecule has 4 aromatic rings. The maximum absolute atomic E-state index is 13.1. The van der Waals surface area contributed by atoms with E-state index in [9.17, 15) is 4.79 Å². The molecule has 0 aliphatic carbocycles. The van der Waals surface area contributed by atoms with E-state index in [0.29, 0.717) is 23.3 Å². The maximum atomic E-state index is 13.1. The fourth-order valence-electron chi connectivity index (χ4n) is 3.36.